The van der Waals surface area contributed by atoms with Crippen LogP contribution in [0.15, 0.2) is 0 Å². The molecule has 0 aliphatic carbocycles. The van der Waals surface area contributed by atoms with E-state index in [2.05, 4.69) is 9.47 Å². The fourth-order valence-corrected chi connectivity index (χ4v) is 3.80. The maximum Gasteiger partial charge on any atom is 0.384 e. The number of hydrogen-bond donors (Lipinski definition) is 0. The maximum atomic E-state index is 14.0. The van der Waals surface area contributed by atoms with Crippen LogP contribution >= 0.6 is 0 Å². The van der Waals surface area contributed by atoms with Crippen molar-refractivity contribution in [1.82, 2.24) is 0 Å². The fraction of sp³-hybridized carbons (Fsp3) is 0.917. The van der Waals surface area contributed by atoms with E-state index in [0.717, 1.165) is 6.92 Å². The summed E-state index contributed by atoms with van der Waals surface area (Å²) in [6.07, 6.45) is -14.0. The molecule has 28 heteroatoms. The van der Waals surface area contributed by atoms with E-state index in [1.807, 2.05) is 0 Å². The molecule has 0 saturated heterocycles. The number of alkyl halides is 24. The molecule has 0 saturated carbocycles. The van der Waals surface area contributed by atoms with Crippen LogP contribution in [0.5, 0.6) is 0 Å². The van der Waals surface area contributed by atoms with Crippen LogP contribution in [-0.4, -0.2) is 97.2 Å². The molecule has 0 aromatic heterocycles. The van der Waals surface area contributed by atoms with Gasteiger partial charge < -0.3 is 9.47 Å². The highest BCUT2D eigenvalue weighted by atomic mass is 19.4. The zero-order chi connectivity index (χ0) is 42.6. The second-order valence-electron chi connectivity index (χ2n) is 11.8. The standard InChI is InChI=1S/C24H22F24O4/c1-5-14(4,12(50)52-8-16(31,32)20(39,40)24(47,48)22(43,44)18(35,36)10(27)28)6-13(2,3)11(49)51-7-15(29,30)19(37,38)23(45,46)21(41,42)17(33,34)9(25)26/h9-10H,5-8H2,1-4H3. The van der Waals surface area contributed by atoms with Crippen molar-refractivity contribution in [2.75, 3.05) is 13.2 Å². The highest BCUT2D eigenvalue weighted by Gasteiger charge is 2.89. The van der Waals surface area contributed by atoms with Crippen LogP contribution in [0.2, 0.25) is 0 Å². The third kappa shape index (κ3) is 7.75. The molecule has 0 bridgehead atoms. The number of hydrogen-bond acceptors (Lipinski definition) is 4. The zero-order valence-corrected chi connectivity index (χ0v) is 25.7. The van der Waals surface area contributed by atoms with Crippen LogP contribution in [0, 0.1) is 10.8 Å². The Kier molecular flexibility index (Phi) is 13.4. The quantitative estimate of drug-likeness (QED) is 0.0962. The Morgan fingerprint density at radius 1 is 0.462 bits per heavy atom. The minimum Gasteiger partial charge on any atom is -0.459 e. The minimum atomic E-state index is -8.02. The van der Waals surface area contributed by atoms with Crippen molar-refractivity contribution < 1.29 is 124 Å². The van der Waals surface area contributed by atoms with Crippen molar-refractivity contribution in [3.05, 3.63) is 0 Å². The van der Waals surface area contributed by atoms with E-state index in [0.29, 0.717) is 20.8 Å². The lowest BCUT2D eigenvalue weighted by Gasteiger charge is -2.39. The predicted octanol–water partition coefficient (Wildman–Crippen LogP) is 9.79. The SMILES string of the molecule is CCC(C)(CC(C)(C)C(=O)OCC(F)(F)C(F)(F)C(F)(F)C(F)(F)C(F)(F)C(F)F)C(=O)OCC(F)(F)C(F)(F)C(F)(F)C(F)(F)C(F)(F)C(F)F. The molecule has 0 radical (unpaired) electrons. The zero-order valence-electron chi connectivity index (χ0n) is 25.7. The molecule has 0 amide bonds. The first kappa shape index (κ1) is 49.3. The maximum absolute atomic E-state index is 14.0. The van der Waals surface area contributed by atoms with Gasteiger partial charge in [0.25, 0.3) is 0 Å². The van der Waals surface area contributed by atoms with E-state index in [1.54, 1.807) is 0 Å². The van der Waals surface area contributed by atoms with E-state index in [-0.39, 0.29) is 0 Å². The second-order valence-corrected chi connectivity index (χ2v) is 11.8. The van der Waals surface area contributed by atoms with E-state index < -0.39 is 121 Å². The Hall–Kier alpha value is -2.74. The molecule has 310 valence electrons. The van der Waals surface area contributed by atoms with Gasteiger partial charge in [0.1, 0.15) is 0 Å². The smallest absolute Gasteiger partial charge is 0.384 e. The molecule has 0 spiro atoms. The second kappa shape index (κ2) is 14.2. The number of rotatable bonds is 19. The largest absolute Gasteiger partial charge is 0.459 e. The van der Waals surface area contributed by atoms with Gasteiger partial charge in [-0.15, -0.1) is 0 Å². The van der Waals surface area contributed by atoms with Gasteiger partial charge in [-0.1, -0.05) is 6.92 Å². The molecule has 0 heterocycles. The van der Waals surface area contributed by atoms with Gasteiger partial charge in [-0.2, -0.15) is 87.8 Å². The number of carbonyl (C=O) groups is 2. The first-order valence-electron chi connectivity index (χ1n) is 13.1. The normalized spacial score (nSPS) is 16.7. The van der Waals surface area contributed by atoms with E-state index >= 15 is 0 Å². The van der Waals surface area contributed by atoms with Crippen molar-refractivity contribution in [2.45, 2.75) is 113 Å². The Balaban J connectivity index is 6.18. The van der Waals surface area contributed by atoms with Crippen LogP contribution in [0.25, 0.3) is 0 Å². The van der Waals surface area contributed by atoms with E-state index in [1.165, 1.54) is 0 Å². The molecule has 1 atom stereocenters. The van der Waals surface area contributed by atoms with Crippen LogP contribution < -0.4 is 0 Å². The Morgan fingerprint density at radius 2 is 0.731 bits per heavy atom. The van der Waals surface area contributed by atoms with Crippen molar-refractivity contribution >= 4 is 11.9 Å². The van der Waals surface area contributed by atoms with Crippen LogP contribution in [0.3, 0.4) is 0 Å². The fourth-order valence-electron chi connectivity index (χ4n) is 3.80. The molecule has 0 aliphatic heterocycles. The van der Waals surface area contributed by atoms with Gasteiger partial charge in [-0.05, 0) is 33.6 Å². The topological polar surface area (TPSA) is 52.6 Å². The van der Waals surface area contributed by atoms with Gasteiger partial charge in [-0.25, -0.2) is 17.6 Å². The number of halogens is 24. The summed E-state index contributed by atoms with van der Waals surface area (Å²) in [5, 5.41) is 0. The van der Waals surface area contributed by atoms with E-state index in [4.69, 9.17) is 0 Å². The minimum absolute atomic E-state index is 0.452. The molecule has 52 heavy (non-hydrogen) atoms. The first-order valence-corrected chi connectivity index (χ1v) is 13.1. The molecule has 0 N–H and O–H groups in total. The van der Waals surface area contributed by atoms with Crippen molar-refractivity contribution in [3.8, 4) is 0 Å². The van der Waals surface area contributed by atoms with Crippen LogP contribution in [-0.2, 0) is 19.1 Å². The third-order valence-corrected chi connectivity index (χ3v) is 7.31. The van der Waals surface area contributed by atoms with Gasteiger partial charge in [-0.3, -0.25) is 9.59 Å². The summed E-state index contributed by atoms with van der Waals surface area (Å²) in [5.74, 6) is -80.3. The molecule has 0 aromatic rings. The molecular formula is C24H22F24O4. The van der Waals surface area contributed by atoms with E-state index in [9.17, 15) is 115 Å². The summed E-state index contributed by atoms with van der Waals surface area (Å²) in [6.45, 7) is -4.66. The van der Waals surface area contributed by atoms with Gasteiger partial charge in [0, 0.05) is 0 Å². The average Bonchev–Trinajstić information content (AvgIpc) is 2.97. The van der Waals surface area contributed by atoms with Crippen molar-refractivity contribution in [1.29, 1.82) is 0 Å². The van der Waals surface area contributed by atoms with Gasteiger partial charge in [0.05, 0.1) is 10.8 Å². The van der Waals surface area contributed by atoms with Crippen LogP contribution in [0.4, 0.5) is 105 Å². The molecule has 1 unspecified atom stereocenters. The molecule has 4 nitrogen and oxygen atoms in total. The van der Waals surface area contributed by atoms with Crippen molar-refractivity contribution in [3.63, 3.8) is 0 Å². The van der Waals surface area contributed by atoms with Gasteiger partial charge >= 0.3 is 84.0 Å². The number of esters is 2. The Bertz CT molecular complexity index is 1280. The summed E-state index contributed by atoms with van der Waals surface area (Å²) in [6, 6.07) is 0. The van der Waals surface area contributed by atoms with Gasteiger partial charge in [0.2, 0.25) is 0 Å². The summed E-state index contributed by atoms with van der Waals surface area (Å²) >= 11 is 0. The summed E-state index contributed by atoms with van der Waals surface area (Å²) in [4.78, 5) is 24.8. The lowest BCUT2D eigenvalue weighted by molar-refractivity contribution is -0.414. The summed E-state index contributed by atoms with van der Waals surface area (Å²) < 4.78 is 328. The lowest BCUT2D eigenvalue weighted by atomic mass is 9.72. The lowest BCUT2D eigenvalue weighted by Crippen LogP contribution is -2.69. The third-order valence-electron chi connectivity index (χ3n) is 7.31. The van der Waals surface area contributed by atoms with Gasteiger partial charge in [0.15, 0.2) is 13.2 Å². The molecule has 0 rings (SSSR count). The van der Waals surface area contributed by atoms with Crippen molar-refractivity contribution in [2.24, 2.45) is 10.8 Å². The molecule has 0 fully saturated rings. The highest BCUT2D eigenvalue weighted by molar-refractivity contribution is 5.80. The Labute approximate surface area is 274 Å². The number of ether oxygens (including phenoxy) is 2. The summed E-state index contributed by atoms with van der Waals surface area (Å²) in [5.41, 5.74) is -5.39. The Morgan fingerprint density at radius 3 is 0.981 bits per heavy atom. The first-order chi connectivity index (χ1) is 22.4. The molecule has 0 aromatic carbocycles. The monoisotopic (exact) mass is 830 g/mol. The molecule has 0 aliphatic rings. The van der Waals surface area contributed by atoms with Crippen LogP contribution in [0.1, 0.15) is 40.5 Å². The predicted molar refractivity (Wildman–Crippen MR) is 120 cm³/mol. The average molecular weight is 830 g/mol. The highest BCUT2D eigenvalue weighted by Crippen LogP contribution is 2.60. The number of carbonyl (C=O) groups excluding carboxylic acids is 2. The summed E-state index contributed by atoms with van der Waals surface area (Å²) in [7, 11) is 0. The molecular weight excluding hydrogens is 808 g/mol.